The molecule has 1 atom stereocenters. The summed E-state index contributed by atoms with van der Waals surface area (Å²) < 4.78 is 0. The highest BCUT2D eigenvalue weighted by atomic mass is 16.1. The van der Waals surface area contributed by atoms with E-state index in [-0.39, 0.29) is 11.9 Å². The molecule has 6 nitrogen and oxygen atoms in total. The molecule has 6 heteroatoms. The van der Waals surface area contributed by atoms with Gasteiger partial charge in [0.15, 0.2) is 0 Å². The SMILES string of the molecule is CN(C1CCN(c2ccccc2C#N)CC1)C(C(N)=O)c1cccnc1. The Hall–Kier alpha value is -2.91. The Morgan fingerprint density at radius 2 is 2.04 bits per heavy atom. The molecular formula is C20H23N5O. The molecule has 1 aliphatic heterocycles. The Morgan fingerprint density at radius 3 is 2.65 bits per heavy atom. The van der Waals surface area contributed by atoms with Crippen molar-refractivity contribution in [3.63, 3.8) is 0 Å². The fourth-order valence-electron chi connectivity index (χ4n) is 3.71. The van der Waals surface area contributed by atoms with Gasteiger partial charge in [-0.1, -0.05) is 18.2 Å². The molecule has 2 heterocycles. The number of anilines is 1. The zero-order valence-electron chi connectivity index (χ0n) is 14.9. The third-order valence-electron chi connectivity index (χ3n) is 5.08. The number of likely N-dealkylation sites (N-methyl/N-ethyl adjacent to an activating group) is 1. The lowest BCUT2D eigenvalue weighted by molar-refractivity contribution is -0.124. The fraction of sp³-hybridized carbons (Fsp3) is 0.350. The quantitative estimate of drug-likeness (QED) is 0.893. The average molecular weight is 349 g/mol. The van der Waals surface area contributed by atoms with Gasteiger partial charge in [-0.05, 0) is 43.7 Å². The molecule has 1 aromatic heterocycles. The zero-order chi connectivity index (χ0) is 18.5. The number of nitriles is 1. The normalized spacial score (nSPS) is 16.3. The van der Waals surface area contributed by atoms with Crippen molar-refractivity contribution in [2.45, 2.75) is 24.9 Å². The summed E-state index contributed by atoms with van der Waals surface area (Å²) in [6, 6.07) is 13.4. The van der Waals surface area contributed by atoms with E-state index in [2.05, 4.69) is 20.9 Å². The summed E-state index contributed by atoms with van der Waals surface area (Å²) in [4.78, 5) is 20.5. The van der Waals surface area contributed by atoms with Crippen LogP contribution in [0.25, 0.3) is 0 Å². The molecule has 2 aromatic rings. The smallest absolute Gasteiger partial charge is 0.239 e. The number of primary amides is 1. The van der Waals surface area contributed by atoms with Crippen LogP contribution in [0.3, 0.4) is 0 Å². The van der Waals surface area contributed by atoms with Gasteiger partial charge in [-0.2, -0.15) is 5.26 Å². The Kier molecular flexibility index (Phi) is 5.49. The minimum atomic E-state index is -0.480. The van der Waals surface area contributed by atoms with Gasteiger partial charge >= 0.3 is 0 Å². The number of para-hydroxylation sites is 1. The monoisotopic (exact) mass is 349 g/mol. The van der Waals surface area contributed by atoms with Crippen molar-refractivity contribution in [1.29, 1.82) is 5.26 Å². The van der Waals surface area contributed by atoms with E-state index in [0.29, 0.717) is 5.56 Å². The minimum Gasteiger partial charge on any atom is -0.370 e. The van der Waals surface area contributed by atoms with Gasteiger partial charge in [0.2, 0.25) is 5.91 Å². The number of carbonyl (C=O) groups is 1. The molecule has 0 aliphatic carbocycles. The van der Waals surface area contributed by atoms with Crippen molar-refractivity contribution in [2.24, 2.45) is 5.73 Å². The van der Waals surface area contributed by atoms with E-state index < -0.39 is 6.04 Å². The van der Waals surface area contributed by atoms with Gasteiger partial charge in [-0.15, -0.1) is 0 Å². The molecule has 1 saturated heterocycles. The summed E-state index contributed by atoms with van der Waals surface area (Å²) >= 11 is 0. The van der Waals surface area contributed by atoms with Gasteiger partial charge in [0.25, 0.3) is 0 Å². The van der Waals surface area contributed by atoms with Gasteiger partial charge in [-0.3, -0.25) is 14.7 Å². The van der Waals surface area contributed by atoms with E-state index in [9.17, 15) is 10.1 Å². The van der Waals surface area contributed by atoms with Crippen LogP contribution in [-0.2, 0) is 4.79 Å². The van der Waals surface area contributed by atoms with E-state index in [0.717, 1.165) is 37.2 Å². The van der Waals surface area contributed by atoms with E-state index >= 15 is 0 Å². The molecule has 0 saturated carbocycles. The third-order valence-corrected chi connectivity index (χ3v) is 5.08. The highest BCUT2D eigenvalue weighted by Crippen LogP contribution is 2.29. The number of nitrogens with zero attached hydrogens (tertiary/aromatic N) is 4. The lowest BCUT2D eigenvalue weighted by Gasteiger charge is -2.40. The van der Waals surface area contributed by atoms with Gasteiger partial charge in [0.1, 0.15) is 12.1 Å². The lowest BCUT2D eigenvalue weighted by atomic mass is 9.98. The molecule has 3 rings (SSSR count). The van der Waals surface area contributed by atoms with E-state index in [1.165, 1.54) is 0 Å². The lowest BCUT2D eigenvalue weighted by Crippen LogP contribution is -2.47. The highest BCUT2D eigenvalue weighted by Gasteiger charge is 2.31. The van der Waals surface area contributed by atoms with Crippen LogP contribution in [0.15, 0.2) is 48.8 Å². The number of aromatic nitrogens is 1. The van der Waals surface area contributed by atoms with Crippen LogP contribution in [0.1, 0.15) is 30.0 Å². The van der Waals surface area contributed by atoms with Crippen LogP contribution in [0, 0.1) is 11.3 Å². The molecule has 134 valence electrons. The number of hydrogen-bond acceptors (Lipinski definition) is 5. The fourth-order valence-corrected chi connectivity index (χ4v) is 3.71. The number of carbonyl (C=O) groups excluding carboxylic acids is 1. The molecule has 1 amide bonds. The van der Waals surface area contributed by atoms with Crippen LogP contribution < -0.4 is 10.6 Å². The van der Waals surface area contributed by atoms with Crippen LogP contribution in [0.2, 0.25) is 0 Å². The van der Waals surface area contributed by atoms with Crippen molar-refractivity contribution in [3.8, 4) is 6.07 Å². The summed E-state index contributed by atoms with van der Waals surface area (Å²) in [5, 5.41) is 9.31. The molecule has 0 spiro atoms. The molecule has 26 heavy (non-hydrogen) atoms. The maximum Gasteiger partial charge on any atom is 0.239 e. The van der Waals surface area contributed by atoms with Crippen LogP contribution in [-0.4, -0.2) is 42.0 Å². The molecular weight excluding hydrogens is 326 g/mol. The molecule has 0 bridgehead atoms. The first-order valence-electron chi connectivity index (χ1n) is 8.77. The van der Waals surface area contributed by atoms with Crippen LogP contribution in [0.5, 0.6) is 0 Å². The zero-order valence-corrected chi connectivity index (χ0v) is 14.9. The first kappa shape index (κ1) is 17.9. The summed E-state index contributed by atoms with van der Waals surface area (Å²) in [7, 11) is 1.95. The second kappa shape index (κ2) is 7.98. The van der Waals surface area contributed by atoms with E-state index in [1.54, 1.807) is 12.4 Å². The second-order valence-electron chi connectivity index (χ2n) is 6.60. The Morgan fingerprint density at radius 1 is 1.31 bits per heavy atom. The third kappa shape index (κ3) is 3.68. The summed E-state index contributed by atoms with van der Waals surface area (Å²) in [6.07, 6.45) is 5.19. The maximum atomic E-state index is 12.1. The Balaban J connectivity index is 1.71. The predicted octanol–water partition coefficient (Wildman–Crippen LogP) is 2.08. The van der Waals surface area contributed by atoms with Crippen molar-refractivity contribution in [3.05, 3.63) is 59.9 Å². The minimum absolute atomic E-state index is 0.248. The highest BCUT2D eigenvalue weighted by molar-refractivity contribution is 5.81. The topological polar surface area (TPSA) is 86.2 Å². The van der Waals surface area contributed by atoms with Gasteiger partial charge in [0, 0.05) is 31.5 Å². The number of pyridine rings is 1. The number of nitrogens with two attached hydrogens (primary N) is 1. The first-order chi connectivity index (χ1) is 12.6. The number of piperidine rings is 1. The second-order valence-corrected chi connectivity index (χ2v) is 6.60. The summed E-state index contributed by atoms with van der Waals surface area (Å²) in [6.45, 7) is 1.68. The molecule has 2 N–H and O–H groups in total. The number of benzene rings is 1. The van der Waals surface area contributed by atoms with Crippen molar-refractivity contribution in [1.82, 2.24) is 9.88 Å². The van der Waals surface area contributed by atoms with Crippen molar-refractivity contribution < 1.29 is 4.79 Å². The first-order valence-corrected chi connectivity index (χ1v) is 8.77. The van der Waals surface area contributed by atoms with Crippen LogP contribution in [0.4, 0.5) is 5.69 Å². The van der Waals surface area contributed by atoms with Gasteiger partial charge in [0.05, 0.1) is 11.3 Å². The van der Waals surface area contributed by atoms with Gasteiger partial charge in [-0.25, -0.2) is 0 Å². The molecule has 1 aromatic carbocycles. The Labute approximate surface area is 153 Å². The maximum absolute atomic E-state index is 12.1. The van der Waals surface area contributed by atoms with Crippen molar-refractivity contribution >= 4 is 11.6 Å². The standard InChI is InChI=1S/C20H23N5O/c1-24(19(20(22)26)16-6-4-10-23-14-16)17-8-11-25(12-9-17)18-7-3-2-5-15(18)13-21/h2-7,10,14,17,19H,8-9,11-12H2,1H3,(H2,22,26). The number of amides is 1. The van der Waals surface area contributed by atoms with Crippen LogP contribution >= 0.6 is 0 Å². The molecule has 0 radical (unpaired) electrons. The summed E-state index contributed by atoms with van der Waals surface area (Å²) in [5.74, 6) is -0.363. The largest absolute Gasteiger partial charge is 0.370 e. The number of rotatable bonds is 5. The average Bonchev–Trinajstić information content (AvgIpc) is 2.68. The van der Waals surface area contributed by atoms with E-state index in [1.807, 2.05) is 43.4 Å². The van der Waals surface area contributed by atoms with Crippen molar-refractivity contribution in [2.75, 3.05) is 25.0 Å². The van der Waals surface area contributed by atoms with E-state index in [4.69, 9.17) is 5.73 Å². The van der Waals surface area contributed by atoms with Gasteiger partial charge < -0.3 is 10.6 Å². The number of hydrogen-bond donors (Lipinski definition) is 1. The predicted molar refractivity (Wildman–Crippen MR) is 100 cm³/mol. The molecule has 1 unspecified atom stereocenters. The molecule has 1 aliphatic rings. The summed E-state index contributed by atoms with van der Waals surface area (Å²) in [5.41, 5.74) is 8.18. The molecule has 1 fully saturated rings. The Bertz CT molecular complexity index is 793.